The minimum atomic E-state index is -0.184. The summed E-state index contributed by atoms with van der Waals surface area (Å²) in [5.74, 6) is -0.184. The Morgan fingerprint density at radius 3 is 2.79 bits per heavy atom. The van der Waals surface area contributed by atoms with E-state index in [-0.39, 0.29) is 12.5 Å². The zero-order valence-electron chi connectivity index (χ0n) is 10.7. The van der Waals surface area contributed by atoms with Crippen molar-refractivity contribution >= 4 is 17.5 Å². The molecule has 0 bridgehead atoms. The second kappa shape index (κ2) is 5.42. The number of hydrogen-bond acceptors (Lipinski definition) is 3. The van der Waals surface area contributed by atoms with E-state index in [0.717, 1.165) is 0 Å². The standard InChI is InChI=1S/C13H14ClN3O2/c1-16(2)13(19)11-6-7-17(15-11)12-9(8-18)4-3-5-10(12)14/h3-7,18H,8H2,1-2H3. The third-order valence-electron chi connectivity index (χ3n) is 2.68. The summed E-state index contributed by atoms with van der Waals surface area (Å²) in [7, 11) is 3.33. The first kappa shape index (κ1) is 13.6. The van der Waals surface area contributed by atoms with E-state index in [4.69, 9.17) is 11.6 Å². The molecule has 0 fully saturated rings. The van der Waals surface area contributed by atoms with Crippen LogP contribution in [0.15, 0.2) is 30.5 Å². The van der Waals surface area contributed by atoms with Gasteiger partial charge in [-0.2, -0.15) is 5.10 Å². The SMILES string of the molecule is CN(C)C(=O)c1ccn(-c2c(Cl)cccc2CO)n1. The van der Waals surface area contributed by atoms with Crippen molar-refractivity contribution in [3.8, 4) is 5.69 Å². The number of carbonyl (C=O) groups excluding carboxylic acids is 1. The van der Waals surface area contributed by atoms with Crippen LogP contribution in [0.25, 0.3) is 5.69 Å². The minimum absolute atomic E-state index is 0.146. The third kappa shape index (κ3) is 2.62. The number of halogens is 1. The van der Waals surface area contributed by atoms with Crippen LogP contribution < -0.4 is 0 Å². The molecule has 1 aromatic carbocycles. The lowest BCUT2D eigenvalue weighted by Gasteiger charge is -2.10. The molecule has 0 aliphatic heterocycles. The summed E-state index contributed by atoms with van der Waals surface area (Å²) in [6, 6.07) is 6.85. The summed E-state index contributed by atoms with van der Waals surface area (Å²) in [5.41, 5.74) is 1.57. The minimum Gasteiger partial charge on any atom is -0.392 e. The maximum absolute atomic E-state index is 11.8. The number of nitrogens with zero attached hydrogens (tertiary/aromatic N) is 3. The van der Waals surface area contributed by atoms with Crippen molar-refractivity contribution < 1.29 is 9.90 Å². The number of aliphatic hydroxyl groups excluding tert-OH is 1. The van der Waals surface area contributed by atoms with Gasteiger partial charge in [-0.3, -0.25) is 4.79 Å². The number of aliphatic hydroxyl groups is 1. The fraction of sp³-hybridized carbons (Fsp3) is 0.231. The summed E-state index contributed by atoms with van der Waals surface area (Å²) >= 11 is 6.13. The van der Waals surface area contributed by atoms with Crippen LogP contribution in [-0.4, -0.2) is 39.8 Å². The molecule has 5 nitrogen and oxygen atoms in total. The molecule has 1 amide bonds. The summed E-state index contributed by atoms with van der Waals surface area (Å²) in [6.45, 7) is -0.146. The van der Waals surface area contributed by atoms with Crippen LogP contribution in [0.4, 0.5) is 0 Å². The van der Waals surface area contributed by atoms with Gasteiger partial charge in [-0.15, -0.1) is 0 Å². The molecule has 0 aliphatic rings. The average molecular weight is 280 g/mol. The van der Waals surface area contributed by atoms with Crippen LogP contribution >= 0.6 is 11.6 Å². The zero-order valence-corrected chi connectivity index (χ0v) is 11.4. The normalized spacial score (nSPS) is 10.5. The molecule has 0 radical (unpaired) electrons. The summed E-state index contributed by atoms with van der Waals surface area (Å²) in [4.78, 5) is 13.2. The van der Waals surface area contributed by atoms with Crippen molar-refractivity contribution in [1.29, 1.82) is 0 Å². The smallest absolute Gasteiger partial charge is 0.273 e. The summed E-state index contributed by atoms with van der Waals surface area (Å²) in [5, 5.41) is 14.0. The lowest BCUT2D eigenvalue weighted by molar-refractivity contribution is 0.0821. The van der Waals surface area contributed by atoms with Gasteiger partial charge in [-0.1, -0.05) is 23.7 Å². The molecular weight excluding hydrogens is 266 g/mol. The highest BCUT2D eigenvalue weighted by Gasteiger charge is 2.14. The van der Waals surface area contributed by atoms with E-state index in [9.17, 15) is 9.90 Å². The van der Waals surface area contributed by atoms with Gasteiger partial charge in [0.2, 0.25) is 0 Å². The van der Waals surface area contributed by atoms with E-state index in [1.165, 1.54) is 9.58 Å². The summed E-state index contributed by atoms with van der Waals surface area (Å²) in [6.07, 6.45) is 1.65. The predicted octanol–water partition coefficient (Wildman–Crippen LogP) is 1.72. The number of hydrogen-bond donors (Lipinski definition) is 1. The maximum Gasteiger partial charge on any atom is 0.273 e. The Morgan fingerprint density at radius 2 is 2.16 bits per heavy atom. The Labute approximate surface area is 116 Å². The molecule has 2 aromatic rings. The molecule has 1 aromatic heterocycles. The lowest BCUT2D eigenvalue weighted by Crippen LogP contribution is -2.22. The van der Waals surface area contributed by atoms with Gasteiger partial charge in [-0.05, 0) is 12.1 Å². The Morgan fingerprint density at radius 1 is 1.42 bits per heavy atom. The molecule has 0 spiro atoms. The topological polar surface area (TPSA) is 58.4 Å². The monoisotopic (exact) mass is 279 g/mol. The quantitative estimate of drug-likeness (QED) is 0.931. The van der Waals surface area contributed by atoms with Gasteiger partial charge in [0.05, 0.1) is 17.3 Å². The first-order valence-corrected chi connectivity index (χ1v) is 6.08. The van der Waals surface area contributed by atoms with Crippen molar-refractivity contribution in [1.82, 2.24) is 14.7 Å². The number of aromatic nitrogens is 2. The molecule has 1 N–H and O–H groups in total. The summed E-state index contributed by atoms with van der Waals surface area (Å²) < 4.78 is 1.50. The van der Waals surface area contributed by atoms with E-state index in [2.05, 4.69) is 5.10 Å². The van der Waals surface area contributed by atoms with Crippen molar-refractivity contribution in [3.63, 3.8) is 0 Å². The molecule has 0 unspecified atom stereocenters. The second-order valence-corrected chi connectivity index (χ2v) is 4.66. The number of carbonyl (C=O) groups is 1. The van der Waals surface area contributed by atoms with Crippen LogP contribution in [0.1, 0.15) is 16.1 Å². The predicted molar refractivity (Wildman–Crippen MR) is 72.5 cm³/mol. The zero-order chi connectivity index (χ0) is 14.0. The van der Waals surface area contributed by atoms with Gasteiger partial charge in [0.1, 0.15) is 0 Å². The van der Waals surface area contributed by atoms with E-state index in [1.807, 2.05) is 0 Å². The fourth-order valence-corrected chi connectivity index (χ4v) is 2.02. The number of para-hydroxylation sites is 1. The maximum atomic E-state index is 11.8. The first-order chi connectivity index (χ1) is 9.04. The van der Waals surface area contributed by atoms with Gasteiger partial charge >= 0.3 is 0 Å². The van der Waals surface area contributed by atoms with Gasteiger partial charge in [0.15, 0.2) is 5.69 Å². The van der Waals surface area contributed by atoms with Gasteiger partial charge < -0.3 is 10.0 Å². The molecule has 0 saturated carbocycles. The first-order valence-electron chi connectivity index (χ1n) is 5.70. The Kier molecular flexibility index (Phi) is 3.87. The third-order valence-corrected chi connectivity index (χ3v) is 2.99. The van der Waals surface area contributed by atoms with Crippen molar-refractivity contribution in [3.05, 3.63) is 46.7 Å². The van der Waals surface area contributed by atoms with Gasteiger partial charge in [0.25, 0.3) is 5.91 Å². The Hall–Kier alpha value is -1.85. The lowest BCUT2D eigenvalue weighted by atomic mass is 10.2. The highest BCUT2D eigenvalue weighted by Crippen LogP contribution is 2.24. The second-order valence-electron chi connectivity index (χ2n) is 4.25. The van der Waals surface area contributed by atoms with Crippen LogP contribution in [0.5, 0.6) is 0 Å². The molecule has 100 valence electrons. The van der Waals surface area contributed by atoms with Crippen LogP contribution in [0.2, 0.25) is 5.02 Å². The van der Waals surface area contributed by atoms with E-state index >= 15 is 0 Å². The Balaban J connectivity index is 2.47. The molecule has 1 heterocycles. The van der Waals surface area contributed by atoms with Crippen molar-refractivity contribution in [2.45, 2.75) is 6.61 Å². The van der Waals surface area contributed by atoms with E-state index < -0.39 is 0 Å². The highest BCUT2D eigenvalue weighted by atomic mass is 35.5. The molecule has 6 heteroatoms. The molecule has 0 atom stereocenters. The molecule has 19 heavy (non-hydrogen) atoms. The van der Waals surface area contributed by atoms with Crippen molar-refractivity contribution in [2.24, 2.45) is 0 Å². The largest absolute Gasteiger partial charge is 0.392 e. The molecule has 2 rings (SSSR count). The molecule has 0 aliphatic carbocycles. The van der Waals surface area contributed by atoms with E-state index in [0.29, 0.717) is 22.0 Å². The van der Waals surface area contributed by atoms with Gasteiger partial charge in [-0.25, -0.2) is 4.68 Å². The molecule has 0 saturated heterocycles. The van der Waals surface area contributed by atoms with Crippen molar-refractivity contribution in [2.75, 3.05) is 14.1 Å². The number of rotatable bonds is 3. The van der Waals surface area contributed by atoms with Gasteiger partial charge in [0, 0.05) is 25.9 Å². The van der Waals surface area contributed by atoms with E-state index in [1.54, 1.807) is 44.6 Å². The van der Waals surface area contributed by atoms with Crippen LogP contribution in [0, 0.1) is 0 Å². The highest BCUT2D eigenvalue weighted by molar-refractivity contribution is 6.32. The number of amides is 1. The van der Waals surface area contributed by atoms with Crippen LogP contribution in [-0.2, 0) is 6.61 Å². The fourth-order valence-electron chi connectivity index (χ4n) is 1.74. The Bertz CT molecular complexity index is 608. The number of benzene rings is 1. The van der Waals surface area contributed by atoms with Crippen LogP contribution in [0.3, 0.4) is 0 Å². The molecular formula is C13H14ClN3O2. The average Bonchev–Trinajstić information content (AvgIpc) is 2.86.